The van der Waals surface area contributed by atoms with Crippen molar-refractivity contribution in [2.45, 2.75) is 12.6 Å². The number of hydrogen-bond acceptors (Lipinski definition) is 6. The van der Waals surface area contributed by atoms with Gasteiger partial charge in [-0.2, -0.15) is 4.68 Å². The zero-order valence-electron chi connectivity index (χ0n) is 15.3. The van der Waals surface area contributed by atoms with Crippen molar-refractivity contribution < 1.29 is 0 Å². The van der Waals surface area contributed by atoms with Crippen molar-refractivity contribution in [3.8, 4) is 11.4 Å². The second-order valence-electron chi connectivity index (χ2n) is 6.96. The summed E-state index contributed by atoms with van der Waals surface area (Å²) in [6, 6.07) is 22.3. The molecule has 0 radical (unpaired) electrons. The lowest BCUT2D eigenvalue weighted by molar-refractivity contribution is 0.565. The number of para-hydroxylation sites is 1. The Hall–Kier alpha value is -3.91. The summed E-state index contributed by atoms with van der Waals surface area (Å²) in [5.41, 5.74) is 3.96. The Morgan fingerprint density at radius 1 is 0.828 bits per heavy atom. The second kappa shape index (κ2) is 6.32. The van der Waals surface area contributed by atoms with Crippen LogP contribution in [0.3, 0.4) is 0 Å². The van der Waals surface area contributed by atoms with E-state index in [1.165, 1.54) is 0 Å². The van der Waals surface area contributed by atoms with E-state index >= 15 is 0 Å². The highest BCUT2D eigenvalue weighted by Crippen LogP contribution is 2.31. The second-order valence-corrected chi connectivity index (χ2v) is 6.96. The van der Waals surface area contributed by atoms with E-state index in [-0.39, 0.29) is 6.04 Å². The Labute approximate surface area is 165 Å². The first kappa shape index (κ1) is 16.1. The average Bonchev–Trinajstić information content (AvgIpc) is 3.41. The molecule has 1 aliphatic heterocycles. The molecule has 2 aromatic heterocycles. The zero-order valence-corrected chi connectivity index (χ0v) is 15.3. The van der Waals surface area contributed by atoms with Crippen LogP contribution in [0.1, 0.15) is 23.1 Å². The van der Waals surface area contributed by atoms with Gasteiger partial charge in [0.05, 0.1) is 29.3 Å². The summed E-state index contributed by atoms with van der Waals surface area (Å²) in [6.07, 6.45) is 1.78. The van der Waals surface area contributed by atoms with Gasteiger partial charge in [0, 0.05) is 17.5 Å². The number of fused-ring (bicyclic) bond motifs is 4. The van der Waals surface area contributed by atoms with Gasteiger partial charge in [-0.3, -0.25) is 5.32 Å². The van der Waals surface area contributed by atoms with E-state index in [2.05, 4.69) is 55.4 Å². The van der Waals surface area contributed by atoms with Gasteiger partial charge in [0.15, 0.2) is 5.82 Å². The third kappa shape index (κ3) is 2.46. The van der Waals surface area contributed by atoms with Gasteiger partial charge in [-0.1, -0.05) is 59.8 Å². The van der Waals surface area contributed by atoms with Crippen molar-refractivity contribution in [3.63, 3.8) is 0 Å². The van der Waals surface area contributed by atoms with Crippen LogP contribution >= 0.6 is 0 Å². The molecule has 1 atom stereocenters. The molecular formula is C21H16N8. The molecule has 0 bridgehead atoms. The van der Waals surface area contributed by atoms with Gasteiger partial charge in [0.2, 0.25) is 0 Å². The van der Waals surface area contributed by atoms with Crippen LogP contribution in [0.5, 0.6) is 0 Å². The van der Waals surface area contributed by atoms with Crippen LogP contribution in [0, 0.1) is 0 Å². The first-order valence-corrected chi connectivity index (χ1v) is 9.39. The summed E-state index contributed by atoms with van der Waals surface area (Å²) < 4.78 is 3.69. The van der Waals surface area contributed by atoms with Crippen LogP contribution in [0.4, 0.5) is 0 Å². The number of tetrazole rings is 1. The molecule has 1 aliphatic rings. The quantitative estimate of drug-likeness (QED) is 0.507. The van der Waals surface area contributed by atoms with Crippen LogP contribution in [0.15, 0.2) is 72.9 Å². The summed E-state index contributed by atoms with van der Waals surface area (Å²) >= 11 is 0. The molecule has 1 N–H and O–H groups in total. The monoisotopic (exact) mass is 380 g/mol. The predicted octanol–water partition coefficient (Wildman–Crippen LogP) is 2.59. The van der Waals surface area contributed by atoms with Crippen LogP contribution < -0.4 is 5.32 Å². The average molecular weight is 380 g/mol. The molecule has 0 saturated heterocycles. The number of aromatic nitrogens is 7. The maximum absolute atomic E-state index is 4.40. The topological polar surface area (TPSA) is 86.3 Å². The third-order valence-electron chi connectivity index (χ3n) is 5.33. The summed E-state index contributed by atoms with van der Waals surface area (Å²) in [6.45, 7) is 0.606. The molecule has 0 saturated carbocycles. The minimum absolute atomic E-state index is 0.193. The smallest absolute Gasteiger partial charge is 0.178 e. The Kier molecular flexibility index (Phi) is 3.50. The maximum atomic E-state index is 4.40. The van der Waals surface area contributed by atoms with Crippen molar-refractivity contribution in [2.24, 2.45) is 0 Å². The fraction of sp³-hybridized carbons (Fsp3) is 0.0952. The minimum Gasteiger partial charge on any atom is -0.298 e. The van der Waals surface area contributed by atoms with Gasteiger partial charge in [-0.25, -0.2) is 4.68 Å². The van der Waals surface area contributed by atoms with E-state index in [0.29, 0.717) is 6.54 Å². The van der Waals surface area contributed by atoms with Crippen LogP contribution in [0.25, 0.3) is 22.1 Å². The van der Waals surface area contributed by atoms with Gasteiger partial charge >= 0.3 is 0 Å². The molecule has 0 amide bonds. The normalized spacial score (nSPS) is 15.7. The maximum Gasteiger partial charge on any atom is 0.178 e. The van der Waals surface area contributed by atoms with Gasteiger partial charge in [0.25, 0.3) is 0 Å². The van der Waals surface area contributed by atoms with Crippen molar-refractivity contribution in [3.05, 3.63) is 90.0 Å². The summed E-state index contributed by atoms with van der Waals surface area (Å²) in [5.74, 6) is 0.729. The van der Waals surface area contributed by atoms with Crippen LogP contribution in [-0.2, 0) is 6.54 Å². The molecule has 1 unspecified atom stereocenters. The van der Waals surface area contributed by atoms with Crippen LogP contribution in [0.2, 0.25) is 0 Å². The van der Waals surface area contributed by atoms with Crippen molar-refractivity contribution in [1.82, 2.24) is 40.5 Å². The lowest BCUT2D eigenvalue weighted by Gasteiger charge is -2.18. The Morgan fingerprint density at radius 2 is 1.66 bits per heavy atom. The standard InChI is InChI=1S/C21H16N8/c1-2-8-16-14(6-1)7-5-11-18(16)29-21(24-25-27-29)20-17-9-3-4-10-19(17)28-15(12-22-20)13-23-26-28/h1-11,13,20,22H,12H2. The van der Waals surface area contributed by atoms with Crippen molar-refractivity contribution in [1.29, 1.82) is 0 Å². The molecule has 0 fully saturated rings. The highest BCUT2D eigenvalue weighted by Gasteiger charge is 2.28. The summed E-state index contributed by atoms with van der Waals surface area (Å²) in [5, 5.41) is 26.9. The first-order valence-electron chi connectivity index (χ1n) is 9.39. The largest absolute Gasteiger partial charge is 0.298 e. The molecule has 6 rings (SSSR count). The van der Waals surface area contributed by atoms with E-state index in [4.69, 9.17) is 0 Å². The molecule has 140 valence electrons. The van der Waals surface area contributed by atoms with Crippen molar-refractivity contribution in [2.75, 3.05) is 0 Å². The molecule has 0 aliphatic carbocycles. The van der Waals surface area contributed by atoms with Gasteiger partial charge in [-0.05, 0) is 27.9 Å². The summed E-state index contributed by atoms with van der Waals surface area (Å²) in [4.78, 5) is 0. The van der Waals surface area contributed by atoms with Crippen LogP contribution in [-0.4, -0.2) is 35.2 Å². The number of rotatable bonds is 2. The van der Waals surface area contributed by atoms with E-state index in [1.54, 1.807) is 6.20 Å². The Bertz CT molecular complexity index is 1330. The van der Waals surface area contributed by atoms with E-state index in [1.807, 2.05) is 51.8 Å². The van der Waals surface area contributed by atoms with Gasteiger partial charge in [-0.15, -0.1) is 10.2 Å². The Balaban J connectivity index is 1.55. The zero-order chi connectivity index (χ0) is 19.2. The lowest BCUT2D eigenvalue weighted by Crippen LogP contribution is -2.24. The van der Waals surface area contributed by atoms with Crippen molar-refractivity contribution >= 4 is 10.8 Å². The van der Waals surface area contributed by atoms with E-state index < -0.39 is 0 Å². The lowest BCUT2D eigenvalue weighted by atomic mass is 10.0. The Morgan fingerprint density at radius 3 is 2.66 bits per heavy atom. The highest BCUT2D eigenvalue weighted by molar-refractivity contribution is 5.90. The molecule has 8 nitrogen and oxygen atoms in total. The number of nitrogens with one attached hydrogen (secondary N) is 1. The fourth-order valence-electron chi connectivity index (χ4n) is 3.99. The SMILES string of the molecule is c1ccc2c(c1)C(c1nnnn1-c1cccc3ccccc13)NCc1cnnn1-2. The number of benzene rings is 3. The minimum atomic E-state index is -0.193. The molecule has 3 heterocycles. The summed E-state index contributed by atoms with van der Waals surface area (Å²) in [7, 11) is 0. The van der Waals surface area contributed by atoms with Gasteiger partial charge in [0.1, 0.15) is 0 Å². The molecule has 8 heteroatoms. The third-order valence-corrected chi connectivity index (χ3v) is 5.33. The fourth-order valence-corrected chi connectivity index (χ4v) is 3.99. The molecule has 0 spiro atoms. The number of nitrogens with zero attached hydrogens (tertiary/aromatic N) is 7. The highest BCUT2D eigenvalue weighted by atomic mass is 15.6. The van der Waals surface area contributed by atoms with E-state index in [0.717, 1.165) is 39.2 Å². The van der Waals surface area contributed by atoms with E-state index in [9.17, 15) is 0 Å². The molecule has 5 aromatic rings. The first-order chi connectivity index (χ1) is 14.4. The predicted molar refractivity (Wildman–Crippen MR) is 107 cm³/mol. The molecule has 3 aromatic carbocycles. The number of hydrogen-bond donors (Lipinski definition) is 1. The molecule has 29 heavy (non-hydrogen) atoms. The molecular weight excluding hydrogens is 364 g/mol. The van der Waals surface area contributed by atoms with Gasteiger partial charge < -0.3 is 0 Å².